The highest BCUT2D eigenvalue weighted by Crippen LogP contribution is 2.31. The molecule has 2 aliphatic rings. The minimum atomic E-state index is -0.489. The van der Waals surface area contributed by atoms with Gasteiger partial charge in [0, 0.05) is 35.0 Å². The van der Waals surface area contributed by atoms with Crippen molar-refractivity contribution in [2.24, 2.45) is 5.92 Å². The van der Waals surface area contributed by atoms with Gasteiger partial charge in [-0.3, -0.25) is 14.4 Å². The molecule has 3 amide bonds. The van der Waals surface area contributed by atoms with Crippen LogP contribution in [0.2, 0.25) is 5.02 Å². The zero-order chi connectivity index (χ0) is 19.8. The number of anilines is 1. The Bertz CT molecular complexity index is 765. The molecule has 2 aliphatic heterocycles. The molecule has 6 nitrogen and oxygen atoms in total. The number of halogens is 1. The monoisotopic (exact) mass is 409 g/mol. The topological polar surface area (TPSA) is 69.7 Å². The van der Waals surface area contributed by atoms with E-state index in [9.17, 15) is 14.4 Å². The Balaban J connectivity index is 1.70. The molecule has 2 atom stereocenters. The van der Waals surface area contributed by atoms with Gasteiger partial charge < -0.3 is 15.1 Å². The fourth-order valence-corrected chi connectivity index (χ4v) is 4.68. The van der Waals surface area contributed by atoms with Crippen LogP contribution in [0.4, 0.5) is 5.69 Å². The average molecular weight is 410 g/mol. The molecule has 1 N–H and O–H groups in total. The van der Waals surface area contributed by atoms with Crippen molar-refractivity contribution in [2.45, 2.75) is 38.8 Å². The highest BCUT2D eigenvalue weighted by molar-refractivity contribution is 7.99. The summed E-state index contributed by atoms with van der Waals surface area (Å²) in [7, 11) is 0. The van der Waals surface area contributed by atoms with Gasteiger partial charge in [-0.15, -0.1) is 11.8 Å². The average Bonchev–Trinajstić information content (AvgIpc) is 3.19. The van der Waals surface area contributed by atoms with Crippen molar-refractivity contribution in [1.82, 2.24) is 10.2 Å². The van der Waals surface area contributed by atoms with Gasteiger partial charge in [-0.1, -0.05) is 17.7 Å². The number of nitrogens with zero attached hydrogens (tertiary/aromatic N) is 2. The van der Waals surface area contributed by atoms with Crippen LogP contribution in [-0.2, 0) is 14.4 Å². The lowest BCUT2D eigenvalue weighted by molar-refractivity contribution is -0.141. The van der Waals surface area contributed by atoms with E-state index in [0.717, 1.165) is 0 Å². The van der Waals surface area contributed by atoms with Crippen LogP contribution >= 0.6 is 23.4 Å². The fourth-order valence-electron chi connectivity index (χ4n) is 3.33. The first kappa shape index (κ1) is 20.0. The number of hydrogen-bond acceptors (Lipinski definition) is 4. The molecule has 3 rings (SSSR count). The first-order valence-electron chi connectivity index (χ1n) is 8.92. The summed E-state index contributed by atoms with van der Waals surface area (Å²) in [5.74, 6) is 0.233. The van der Waals surface area contributed by atoms with Crippen molar-refractivity contribution in [3.63, 3.8) is 0 Å². The van der Waals surface area contributed by atoms with Crippen molar-refractivity contribution in [1.29, 1.82) is 0 Å². The van der Waals surface area contributed by atoms with Crippen LogP contribution in [0.15, 0.2) is 24.3 Å². The highest BCUT2D eigenvalue weighted by Gasteiger charge is 2.42. The molecule has 0 aromatic heterocycles. The van der Waals surface area contributed by atoms with Crippen molar-refractivity contribution in [2.75, 3.05) is 23.1 Å². The minimum Gasteiger partial charge on any atom is -0.350 e. The standard InChI is InChI=1S/C19H24ClN3O3S/c1-19(2,3)21-17(25)15-10-27-11-23(15)18(26)12-7-16(24)22(9-12)14-6-4-5-13(20)8-14/h4-6,8,12,15H,7,9-11H2,1-3H3,(H,21,25)/t12-,15+/m1/s1. The molecule has 27 heavy (non-hydrogen) atoms. The predicted molar refractivity (Wildman–Crippen MR) is 108 cm³/mol. The molecule has 1 aromatic carbocycles. The van der Waals surface area contributed by atoms with Gasteiger partial charge in [0.2, 0.25) is 17.7 Å². The van der Waals surface area contributed by atoms with E-state index in [4.69, 9.17) is 11.6 Å². The lowest BCUT2D eigenvalue weighted by Crippen LogP contribution is -2.53. The molecular weight excluding hydrogens is 386 g/mol. The maximum Gasteiger partial charge on any atom is 0.244 e. The Morgan fingerprint density at radius 2 is 2.04 bits per heavy atom. The van der Waals surface area contributed by atoms with E-state index in [-0.39, 0.29) is 29.7 Å². The number of benzene rings is 1. The molecule has 2 fully saturated rings. The second-order valence-electron chi connectivity index (χ2n) is 7.95. The lowest BCUT2D eigenvalue weighted by atomic mass is 10.1. The van der Waals surface area contributed by atoms with E-state index < -0.39 is 12.0 Å². The fraction of sp³-hybridized carbons (Fsp3) is 0.526. The molecule has 0 saturated carbocycles. The van der Waals surface area contributed by atoms with E-state index in [1.54, 1.807) is 39.8 Å². The van der Waals surface area contributed by atoms with Gasteiger partial charge in [-0.25, -0.2) is 0 Å². The van der Waals surface area contributed by atoms with E-state index in [1.807, 2.05) is 26.8 Å². The maximum absolute atomic E-state index is 13.0. The third kappa shape index (κ3) is 4.58. The number of hydrogen-bond donors (Lipinski definition) is 1. The lowest BCUT2D eigenvalue weighted by Gasteiger charge is -2.29. The van der Waals surface area contributed by atoms with Crippen molar-refractivity contribution in [3.8, 4) is 0 Å². The number of nitrogens with one attached hydrogen (secondary N) is 1. The maximum atomic E-state index is 13.0. The highest BCUT2D eigenvalue weighted by atomic mass is 35.5. The summed E-state index contributed by atoms with van der Waals surface area (Å²) < 4.78 is 0. The Morgan fingerprint density at radius 1 is 1.30 bits per heavy atom. The normalized spacial score (nSPS) is 23.0. The third-order valence-electron chi connectivity index (χ3n) is 4.56. The van der Waals surface area contributed by atoms with Gasteiger partial charge in [-0.05, 0) is 39.0 Å². The summed E-state index contributed by atoms with van der Waals surface area (Å²) in [6.07, 6.45) is 0.153. The summed E-state index contributed by atoms with van der Waals surface area (Å²) >= 11 is 7.58. The molecular formula is C19H24ClN3O3S. The van der Waals surface area contributed by atoms with Gasteiger partial charge in [-0.2, -0.15) is 0 Å². The van der Waals surface area contributed by atoms with Crippen molar-refractivity contribution in [3.05, 3.63) is 29.3 Å². The molecule has 1 aromatic rings. The Morgan fingerprint density at radius 3 is 2.70 bits per heavy atom. The van der Waals surface area contributed by atoms with Crippen LogP contribution in [0.1, 0.15) is 27.2 Å². The second-order valence-corrected chi connectivity index (χ2v) is 9.38. The number of thioether (sulfide) groups is 1. The smallest absolute Gasteiger partial charge is 0.244 e. The Kier molecular flexibility index (Phi) is 5.72. The Hall–Kier alpha value is -1.73. The molecule has 0 bridgehead atoms. The molecule has 0 unspecified atom stereocenters. The predicted octanol–water partition coefficient (Wildman–Crippen LogP) is 2.51. The number of carbonyl (C=O) groups is 3. The molecule has 2 saturated heterocycles. The van der Waals surface area contributed by atoms with Gasteiger partial charge >= 0.3 is 0 Å². The van der Waals surface area contributed by atoms with E-state index in [1.165, 1.54) is 0 Å². The van der Waals surface area contributed by atoms with E-state index >= 15 is 0 Å². The van der Waals surface area contributed by atoms with Crippen LogP contribution < -0.4 is 10.2 Å². The third-order valence-corrected chi connectivity index (χ3v) is 5.81. The summed E-state index contributed by atoms with van der Waals surface area (Å²) in [6.45, 7) is 6.06. The van der Waals surface area contributed by atoms with Gasteiger partial charge in [0.1, 0.15) is 6.04 Å². The first-order chi connectivity index (χ1) is 12.7. The van der Waals surface area contributed by atoms with Crippen LogP contribution in [0.3, 0.4) is 0 Å². The number of rotatable bonds is 3. The van der Waals surface area contributed by atoms with Crippen LogP contribution in [0.25, 0.3) is 0 Å². The second kappa shape index (κ2) is 7.72. The molecule has 0 spiro atoms. The van der Waals surface area contributed by atoms with Crippen LogP contribution in [0.5, 0.6) is 0 Å². The summed E-state index contributed by atoms with van der Waals surface area (Å²) in [5, 5.41) is 3.49. The van der Waals surface area contributed by atoms with Crippen molar-refractivity contribution >= 4 is 46.8 Å². The van der Waals surface area contributed by atoms with Crippen LogP contribution in [-0.4, -0.2) is 52.4 Å². The van der Waals surface area contributed by atoms with E-state index in [0.29, 0.717) is 28.9 Å². The molecule has 8 heteroatoms. The number of carbonyl (C=O) groups excluding carboxylic acids is 3. The summed E-state index contributed by atoms with van der Waals surface area (Å²) in [4.78, 5) is 41.3. The summed E-state index contributed by atoms with van der Waals surface area (Å²) in [6, 6.07) is 6.56. The quantitative estimate of drug-likeness (QED) is 0.832. The van der Waals surface area contributed by atoms with Gasteiger partial charge in [0.05, 0.1) is 11.8 Å². The first-order valence-corrected chi connectivity index (χ1v) is 10.4. The zero-order valence-electron chi connectivity index (χ0n) is 15.7. The molecule has 0 radical (unpaired) electrons. The zero-order valence-corrected chi connectivity index (χ0v) is 17.3. The van der Waals surface area contributed by atoms with Gasteiger partial charge in [0.15, 0.2) is 0 Å². The SMILES string of the molecule is CC(C)(C)NC(=O)[C@@H]1CSCN1C(=O)[C@@H]1CC(=O)N(c2cccc(Cl)c2)C1. The summed E-state index contributed by atoms with van der Waals surface area (Å²) in [5.41, 5.74) is 0.340. The number of amides is 3. The Labute approximate surface area is 168 Å². The molecule has 2 heterocycles. The van der Waals surface area contributed by atoms with Gasteiger partial charge in [0.25, 0.3) is 0 Å². The minimum absolute atomic E-state index is 0.0989. The van der Waals surface area contributed by atoms with E-state index in [2.05, 4.69) is 5.32 Å². The van der Waals surface area contributed by atoms with Crippen LogP contribution in [0, 0.1) is 5.92 Å². The largest absolute Gasteiger partial charge is 0.350 e. The molecule has 146 valence electrons. The molecule has 0 aliphatic carbocycles. The van der Waals surface area contributed by atoms with Crippen molar-refractivity contribution < 1.29 is 14.4 Å².